The molecular weight excluding hydrogens is 729 g/mol. The summed E-state index contributed by atoms with van der Waals surface area (Å²) in [4.78, 5) is 19.1. The van der Waals surface area contributed by atoms with Gasteiger partial charge < -0.3 is 24.4 Å². The van der Waals surface area contributed by atoms with Gasteiger partial charge in [-0.15, -0.1) is 23.5 Å². The predicted molar refractivity (Wildman–Crippen MR) is 189 cm³/mol. The first-order valence-corrected chi connectivity index (χ1v) is 16.0. The highest BCUT2D eigenvalue weighted by Gasteiger charge is 2.28. The number of nitrogens with zero attached hydrogens (tertiary/aromatic N) is 3. The second-order valence-electron chi connectivity index (χ2n) is 10.5. The second kappa shape index (κ2) is 20.7. The van der Waals surface area contributed by atoms with E-state index in [1.807, 2.05) is 0 Å². The van der Waals surface area contributed by atoms with E-state index in [1.54, 1.807) is 71.2 Å². The Labute approximate surface area is 301 Å². The molecule has 0 aliphatic rings. The lowest BCUT2D eigenvalue weighted by Crippen LogP contribution is -2.22. The molecule has 2 heterocycles. The van der Waals surface area contributed by atoms with E-state index in [-0.39, 0.29) is 32.1 Å². The molecule has 0 aliphatic carbocycles. The van der Waals surface area contributed by atoms with Crippen LogP contribution >= 0.6 is 23.5 Å². The summed E-state index contributed by atoms with van der Waals surface area (Å²) in [7, 11) is 6.80. The zero-order valence-corrected chi connectivity index (χ0v) is 28.8. The molecule has 0 aliphatic heterocycles. The minimum atomic E-state index is -4.29. The van der Waals surface area contributed by atoms with Gasteiger partial charge in [0.1, 0.15) is 17.3 Å². The van der Waals surface area contributed by atoms with Crippen LogP contribution in [-0.4, -0.2) is 73.6 Å². The third kappa shape index (κ3) is 16.2. The Morgan fingerprint density at radius 3 is 1.61 bits per heavy atom. The van der Waals surface area contributed by atoms with Gasteiger partial charge in [-0.2, -0.15) is 26.3 Å². The fraction of sp³-hybridized carbons (Fsp3) is 0.353. The summed E-state index contributed by atoms with van der Waals surface area (Å²) in [6.07, 6.45) is -5.58. The number of hydrogen-bond acceptors (Lipinski definition) is 7. The number of benzene rings is 2. The Balaban J connectivity index is 0.000000793. The molecule has 17 heteroatoms. The Bertz CT molecular complexity index is 1670. The van der Waals surface area contributed by atoms with E-state index in [0.717, 1.165) is 6.07 Å². The molecule has 284 valence electrons. The summed E-state index contributed by atoms with van der Waals surface area (Å²) in [5.41, 5.74) is 5.98. The van der Waals surface area contributed by atoms with Crippen LogP contribution in [0.2, 0.25) is 0 Å². The van der Waals surface area contributed by atoms with Crippen LogP contribution in [0.3, 0.4) is 0 Å². The first-order chi connectivity index (χ1) is 22.7. The monoisotopic (exact) mass is 770 g/mol. The second-order valence-corrected chi connectivity index (χ2v) is 12.5. The van der Waals surface area contributed by atoms with Gasteiger partial charge in [-0.25, -0.2) is 13.8 Å². The quantitative estimate of drug-likeness (QED) is 0.0658. The van der Waals surface area contributed by atoms with Crippen molar-refractivity contribution < 1.29 is 48.8 Å². The van der Waals surface area contributed by atoms with Crippen molar-refractivity contribution in [2.45, 2.75) is 50.8 Å². The maximum atomic E-state index is 14.2. The van der Waals surface area contributed by atoms with Gasteiger partial charge in [0.05, 0.1) is 29.7 Å². The minimum absolute atomic E-state index is 0. The van der Waals surface area contributed by atoms with Gasteiger partial charge in [0.25, 0.3) is 5.91 Å². The van der Waals surface area contributed by atoms with Crippen LogP contribution in [0.5, 0.6) is 0 Å². The Hall–Kier alpha value is -4.12. The molecule has 0 radical (unpaired) electrons. The predicted octanol–water partition coefficient (Wildman–Crippen LogP) is 10.6. The van der Waals surface area contributed by atoms with Crippen molar-refractivity contribution in [3.05, 3.63) is 95.3 Å². The molecule has 0 unspecified atom stereocenters. The van der Waals surface area contributed by atoms with Crippen LogP contribution in [0.1, 0.15) is 42.3 Å². The van der Waals surface area contributed by atoms with Crippen LogP contribution in [-0.2, 0) is 0 Å². The van der Waals surface area contributed by atoms with Crippen molar-refractivity contribution in [2.75, 3.05) is 45.4 Å². The average Bonchev–Trinajstić information content (AvgIpc) is 3.72. The Kier molecular flexibility index (Phi) is 19.0. The molecule has 1 amide bonds. The normalized spacial score (nSPS) is 11.2. The standard InChI is InChI=1S/C16H16F4N2OS.C9H9F4NS.C7H9NO2.2CH4/c1-10-7-11(17)12(8-14(10)24-9-16(18,19)20)21-15(22(2)3)13-5-4-6-23-13;1-5-2-6(10)7(14)3-8(5)15-4-9(11,12)13;1-8(2)7(9)6-4-3-5-10-6;;/h4-8H,9H2,1-3H3;2-3H,4,14H2,1H3;3-5H,1-2H3;2*1H4. The van der Waals surface area contributed by atoms with Crippen molar-refractivity contribution in [3.8, 4) is 0 Å². The number of rotatable bonds is 7. The molecule has 0 fully saturated rings. The SMILES string of the molecule is C.C.CN(C)C(=O)c1ccco1.Cc1cc(F)c(N)cc1SCC(F)(F)F.Cc1cc(F)c(N=C(c2ccco2)N(C)C)cc1SCC(F)(F)F. The van der Waals surface area contributed by atoms with Crippen LogP contribution in [0, 0.1) is 25.5 Å². The number of aryl methyl sites for hydroxylation is 2. The molecule has 4 rings (SSSR count). The molecule has 2 aromatic heterocycles. The van der Waals surface area contributed by atoms with Gasteiger partial charge in [-0.3, -0.25) is 4.79 Å². The van der Waals surface area contributed by atoms with Gasteiger partial charge in [0.2, 0.25) is 0 Å². The van der Waals surface area contributed by atoms with E-state index in [2.05, 4.69) is 4.99 Å². The van der Waals surface area contributed by atoms with Crippen molar-refractivity contribution in [3.63, 3.8) is 0 Å². The lowest BCUT2D eigenvalue weighted by atomic mass is 10.2. The number of halogens is 8. The highest BCUT2D eigenvalue weighted by molar-refractivity contribution is 7.99. The number of furan rings is 2. The van der Waals surface area contributed by atoms with E-state index in [4.69, 9.17) is 14.6 Å². The summed E-state index contributed by atoms with van der Waals surface area (Å²) in [5, 5.41) is 0. The van der Waals surface area contributed by atoms with Gasteiger partial charge in [-0.1, -0.05) is 14.9 Å². The fourth-order valence-corrected chi connectivity index (χ4v) is 5.16. The number of aliphatic imine (C=N–C) groups is 1. The van der Waals surface area contributed by atoms with Crippen molar-refractivity contribution >= 4 is 46.6 Å². The smallest absolute Gasteiger partial charge is 0.398 e. The van der Waals surface area contributed by atoms with Gasteiger partial charge in [0.15, 0.2) is 17.4 Å². The summed E-state index contributed by atoms with van der Waals surface area (Å²) in [6, 6.07) is 11.5. The van der Waals surface area contributed by atoms with Crippen LogP contribution < -0.4 is 5.73 Å². The molecule has 7 nitrogen and oxygen atoms in total. The van der Waals surface area contributed by atoms with Crippen molar-refractivity contribution in [1.82, 2.24) is 9.80 Å². The summed E-state index contributed by atoms with van der Waals surface area (Å²) < 4.78 is 110. The van der Waals surface area contributed by atoms with Crippen LogP contribution in [0.15, 0.2) is 84.7 Å². The highest BCUT2D eigenvalue weighted by atomic mass is 32.2. The van der Waals surface area contributed by atoms with Gasteiger partial charge in [0, 0.05) is 38.0 Å². The maximum absolute atomic E-state index is 14.2. The molecule has 0 saturated carbocycles. The van der Waals surface area contributed by atoms with E-state index >= 15 is 0 Å². The Morgan fingerprint density at radius 2 is 1.20 bits per heavy atom. The molecule has 0 bridgehead atoms. The zero-order valence-electron chi connectivity index (χ0n) is 27.2. The van der Waals surface area contributed by atoms with E-state index in [9.17, 15) is 39.9 Å². The van der Waals surface area contributed by atoms with Crippen molar-refractivity contribution in [2.24, 2.45) is 4.99 Å². The first kappa shape index (κ1) is 46.9. The molecular formula is C34H42F8N4O3S2. The number of carbonyl (C=O) groups is 1. The lowest BCUT2D eigenvalue weighted by Gasteiger charge is -2.15. The summed E-state index contributed by atoms with van der Waals surface area (Å²) >= 11 is 1.22. The molecule has 2 aromatic carbocycles. The molecule has 0 spiro atoms. The zero-order chi connectivity index (χ0) is 37.1. The average molecular weight is 771 g/mol. The molecule has 0 saturated heterocycles. The number of anilines is 1. The lowest BCUT2D eigenvalue weighted by molar-refractivity contribution is -0.106. The maximum Gasteiger partial charge on any atom is 0.398 e. The number of thioether (sulfide) groups is 2. The summed E-state index contributed by atoms with van der Waals surface area (Å²) in [6.45, 7) is 3.11. The molecule has 2 N–H and O–H groups in total. The third-order valence-corrected chi connectivity index (χ3v) is 8.30. The largest absolute Gasteiger partial charge is 0.461 e. The molecule has 4 aromatic rings. The summed E-state index contributed by atoms with van der Waals surface area (Å²) in [5.74, 6) is -2.17. The van der Waals surface area contributed by atoms with E-state index < -0.39 is 35.5 Å². The number of carbonyl (C=O) groups excluding carboxylic acids is 1. The van der Waals surface area contributed by atoms with E-state index in [1.165, 1.54) is 35.6 Å². The van der Waals surface area contributed by atoms with E-state index in [0.29, 0.717) is 61.8 Å². The first-order valence-electron chi connectivity index (χ1n) is 14.0. The fourth-order valence-electron chi connectivity index (χ4n) is 3.54. The number of nitrogens with two attached hydrogens (primary N) is 1. The van der Waals surface area contributed by atoms with Gasteiger partial charge in [-0.05, 0) is 73.5 Å². The van der Waals surface area contributed by atoms with Crippen molar-refractivity contribution in [1.29, 1.82) is 0 Å². The number of amidine groups is 1. The number of amides is 1. The molecule has 0 atom stereocenters. The van der Waals surface area contributed by atoms with Crippen LogP contribution in [0.4, 0.5) is 46.5 Å². The number of alkyl halides is 6. The topological polar surface area (TPSA) is 88.2 Å². The number of hydrogen-bond donors (Lipinski definition) is 1. The number of nitrogen functional groups attached to an aromatic ring is 1. The third-order valence-electron chi connectivity index (χ3n) is 5.85. The Morgan fingerprint density at radius 1 is 0.745 bits per heavy atom. The minimum Gasteiger partial charge on any atom is -0.461 e. The van der Waals surface area contributed by atoms with Crippen LogP contribution in [0.25, 0.3) is 0 Å². The van der Waals surface area contributed by atoms with Gasteiger partial charge >= 0.3 is 12.4 Å². The molecule has 51 heavy (non-hydrogen) atoms. The highest BCUT2D eigenvalue weighted by Crippen LogP contribution is 2.34.